The first kappa shape index (κ1) is 17.3. The van der Waals surface area contributed by atoms with Crippen LogP contribution in [0.15, 0.2) is 6.20 Å². The Kier molecular flexibility index (Phi) is 4.43. The van der Waals surface area contributed by atoms with E-state index in [1.165, 1.54) is 20.0 Å². The van der Waals surface area contributed by atoms with Gasteiger partial charge in [-0.2, -0.15) is 23.4 Å². The quantitative estimate of drug-likeness (QED) is 0.926. The van der Waals surface area contributed by atoms with Crippen LogP contribution in [0.5, 0.6) is 0 Å². The van der Waals surface area contributed by atoms with Gasteiger partial charge in [0.1, 0.15) is 6.04 Å². The maximum Gasteiger partial charge on any atom is 0.436 e. The molecule has 126 valence electrons. The van der Waals surface area contributed by atoms with Crippen LogP contribution in [-0.4, -0.2) is 25.5 Å². The second kappa shape index (κ2) is 5.88. The molecule has 0 spiro atoms. The summed E-state index contributed by atoms with van der Waals surface area (Å²) >= 11 is 5.69. The van der Waals surface area contributed by atoms with Gasteiger partial charge in [-0.25, -0.2) is 0 Å². The van der Waals surface area contributed by atoms with Crippen molar-refractivity contribution in [1.82, 2.24) is 19.6 Å². The molecule has 1 amide bonds. The molecule has 0 saturated heterocycles. The van der Waals surface area contributed by atoms with Gasteiger partial charge in [-0.15, -0.1) is 0 Å². The topological polar surface area (TPSA) is 64.7 Å². The highest BCUT2D eigenvalue weighted by Crippen LogP contribution is 2.36. The first-order valence-corrected chi connectivity index (χ1v) is 7.03. The third kappa shape index (κ3) is 3.19. The Bertz CT molecular complexity index is 750. The molecule has 0 saturated carbocycles. The zero-order valence-corrected chi connectivity index (χ0v) is 13.6. The van der Waals surface area contributed by atoms with Crippen molar-refractivity contribution in [2.75, 3.05) is 5.32 Å². The normalized spacial score (nSPS) is 13.2. The number of halogens is 4. The molecule has 2 aromatic rings. The van der Waals surface area contributed by atoms with Crippen molar-refractivity contribution in [2.24, 2.45) is 7.05 Å². The van der Waals surface area contributed by atoms with E-state index in [2.05, 4.69) is 15.5 Å². The highest BCUT2D eigenvalue weighted by Gasteiger charge is 2.39. The summed E-state index contributed by atoms with van der Waals surface area (Å²) in [4.78, 5) is 12.3. The number of aryl methyl sites for hydroxylation is 1. The first-order valence-electron chi connectivity index (χ1n) is 6.65. The van der Waals surface area contributed by atoms with E-state index in [0.717, 1.165) is 10.4 Å². The van der Waals surface area contributed by atoms with Gasteiger partial charge in [0.15, 0.2) is 5.69 Å². The van der Waals surface area contributed by atoms with Crippen LogP contribution < -0.4 is 5.32 Å². The van der Waals surface area contributed by atoms with Crippen molar-refractivity contribution in [3.05, 3.63) is 28.3 Å². The standard InChI is InChI=1S/C13H15ClF3N5O/c1-6-9(5-18-21(6)4)19-12(23)8(3)22-7(2)10(14)11(20-22)13(15,16)17/h5,8H,1-4H3,(H,19,23)/t8-/m1/s1. The van der Waals surface area contributed by atoms with E-state index < -0.39 is 28.8 Å². The number of nitrogens with zero attached hydrogens (tertiary/aromatic N) is 4. The minimum atomic E-state index is -4.68. The molecule has 23 heavy (non-hydrogen) atoms. The number of hydrogen-bond acceptors (Lipinski definition) is 3. The molecular weight excluding hydrogens is 335 g/mol. The molecule has 6 nitrogen and oxygen atoms in total. The van der Waals surface area contributed by atoms with Gasteiger partial charge in [-0.1, -0.05) is 11.6 Å². The number of amides is 1. The maximum atomic E-state index is 12.8. The Hall–Kier alpha value is -2.03. The molecule has 2 heterocycles. The average Bonchev–Trinajstić information content (AvgIpc) is 2.93. The second-order valence-corrected chi connectivity index (χ2v) is 5.50. The van der Waals surface area contributed by atoms with Gasteiger partial charge < -0.3 is 5.32 Å². The number of rotatable bonds is 3. The molecular formula is C13H15ClF3N5O. The summed E-state index contributed by atoms with van der Waals surface area (Å²) in [5.41, 5.74) is 0.0754. The van der Waals surface area contributed by atoms with Crippen LogP contribution in [-0.2, 0) is 18.0 Å². The van der Waals surface area contributed by atoms with Crippen LogP contribution in [0.1, 0.15) is 30.0 Å². The van der Waals surface area contributed by atoms with Crippen LogP contribution in [0.25, 0.3) is 0 Å². The van der Waals surface area contributed by atoms with E-state index in [1.54, 1.807) is 18.7 Å². The molecule has 0 aromatic carbocycles. The summed E-state index contributed by atoms with van der Waals surface area (Å²) in [5, 5.41) is 9.54. The van der Waals surface area contributed by atoms with Gasteiger partial charge in [0.2, 0.25) is 5.91 Å². The van der Waals surface area contributed by atoms with E-state index in [4.69, 9.17) is 11.6 Å². The summed E-state index contributed by atoms with van der Waals surface area (Å²) in [6.45, 7) is 4.58. The Balaban J connectivity index is 2.28. The lowest BCUT2D eigenvalue weighted by molar-refractivity contribution is -0.141. The number of anilines is 1. The smallest absolute Gasteiger partial charge is 0.321 e. The van der Waals surface area contributed by atoms with Gasteiger partial charge in [0.05, 0.1) is 28.3 Å². The van der Waals surface area contributed by atoms with E-state index in [-0.39, 0.29) is 5.69 Å². The van der Waals surface area contributed by atoms with Crippen molar-refractivity contribution in [1.29, 1.82) is 0 Å². The maximum absolute atomic E-state index is 12.8. The second-order valence-electron chi connectivity index (χ2n) is 5.12. The monoisotopic (exact) mass is 349 g/mol. The van der Waals surface area contributed by atoms with Crippen molar-refractivity contribution >= 4 is 23.2 Å². The predicted molar refractivity (Wildman–Crippen MR) is 78.3 cm³/mol. The largest absolute Gasteiger partial charge is 0.436 e. The van der Waals surface area contributed by atoms with Gasteiger partial charge in [0.25, 0.3) is 0 Å². The number of aromatic nitrogens is 4. The molecule has 0 bridgehead atoms. The SMILES string of the molecule is Cc1c(NC(=O)[C@@H](C)n2nc(C(F)(F)F)c(Cl)c2C)cnn1C. The van der Waals surface area contributed by atoms with Crippen molar-refractivity contribution in [3.63, 3.8) is 0 Å². The summed E-state index contributed by atoms with van der Waals surface area (Å²) in [5.74, 6) is -0.517. The Morgan fingerprint density at radius 3 is 2.39 bits per heavy atom. The summed E-state index contributed by atoms with van der Waals surface area (Å²) in [7, 11) is 1.71. The van der Waals surface area contributed by atoms with Crippen LogP contribution in [0.3, 0.4) is 0 Å². The molecule has 0 unspecified atom stereocenters. The number of carbonyl (C=O) groups excluding carboxylic acids is 1. The minimum Gasteiger partial charge on any atom is -0.321 e. The van der Waals surface area contributed by atoms with Crippen LogP contribution in [0.4, 0.5) is 18.9 Å². The van der Waals surface area contributed by atoms with Gasteiger partial charge in [-0.3, -0.25) is 14.2 Å². The van der Waals surface area contributed by atoms with E-state index in [1.807, 2.05) is 0 Å². The lowest BCUT2D eigenvalue weighted by Gasteiger charge is -2.14. The van der Waals surface area contributed by atoms with Crippen molar-refractivity contribution in [3.8, 4) is 0 Å². The molecule has 0 radical (unpaired) electrons. The van der Waals surface area contributed by atoms with E-state index in [9.17, 15) is 18.0 Å². The van der Waals surface area contributed by atoms with Crippen LogP contribution in [0, 0.1) is 13.8 Å². The molecule has 2 rings (SSSR count). The Morgan fingerprint density at radius 2 is 1.96 bits per heavy atom. The zero-order chi connectivity index (χ0) is 17.5. The number of alkyl halides is 3. The third-order valence-corrected chi connectivity index (χ3v) is 4.04. The number of nitrogens with one attached hydrogen (secondary N) is 1. The van der Waals surface area contributed by atoms with Gasteiger partial charge in [0, 0.05) is 7.05 Å². The number of hydrogen-bond donors (Lipinski definition) is 1. The fourth-order valence-corrected chi connectivity index (χ4v) is 2.26. The number of carbonyl (C=O) groups is 1. The average molecular weight is 350 g/mol. The molecule has 0 aliphatic rings. The van der Waals surface area contributed by atoms with Crippen LogP contribution in [0.2, 0.25) is 5.02 Å². The Labute approximate surface area is 135 Å². The highest BCUT2D eigenvalue weighted by atomic mass is 35.5. The molecule has 2 aromatic heterocycles. The summed E-state index contributed by atoms with van der Waals surface area (Å²) in [6.07, 6.45) is -3.22. The van der Waals surface area contributed by atoms with E-state index in [0.29, 0.717) is 5.69 Å². The fraction of sp³-hybridized carbons (Fsp3) is 0.462. The zero-order valence-electron chi connectivity index (χ0n) is 12.9. The lowest BCUT2D eigenvalue weighted by Crippen LogP contribution is -2.25. The van der Waals surface area contributed by atoms with Crippen molar-refractivity contribution in [2.45, 2.75) is 33.0 Å². The fourth-order valence-electron chi connectivity index (χ4n) is 2.03. The lowest BCUT2D eigenvalue weighted by atomic mass is 10.3. The molecule has 0 aliphatic carbocycles. The first-order chi connectivity index (χ1) is 10.5. The molecule has 10 heteroatoms. The minimum absolute atomic E-state index is 0.0737. The molecule has 0 aliphatic heterocycles. The Morgan fingerprint density at radius 1 is 1.35 bits per heavy atom. The third-order valence-electron chi connectivity index (χ3n) is 3.58. The molecule has 1 N–H and O–H groups in total. The summed E-state index contributed by atoms with van der Waals surface area (Å²) in [6, 6.07) is -0.969. The predicted octanol–water partition coefficient (Wildman–Crippen LogP) is 3.11. The molecule has 0 fully saturated rings. The van der Waals surface area contributed by atoms with E-state index >= 15 is 0 Å². The molecule has 1 atom stereocenters. The van der Waals surface area contributed by atoms with Gasteiger partial charge >= 0.3 is 6.18 Å². The van der Waals surface area contributed by atoms with Gasteiger partial charge in [-0.05, 0) is 20.8 Å². The highest BCUT2D eigenvalue weighted by molar-refractivity contribution is 6.32. The van der Waals surface area contributed by atoms with Crippen LogP contribution >= 0.6 is 11.6 Å². The summed E-state index contributed by atoms with van der Waals surface area (Å²) < 4.78 is 41.0. The van der Waals surface area contributed by atoms with Crippen molar-refractivity contribution < 1.29 is 18.0 Å².